The highest BCUT2D eigenvalue weighted by atomic mass is 35.5. The number of ether oxygens (including phenoxy) is 1. The van der Waals surface area contributed by atoms with Gasteiger partial charge in [0, 0.05) is 24.5 Å². The second-order valence-corrected chi connectivity index (χ2v) is 13.0. The molecule has 2 aliphatic rings. The fourth-order valence-corrected chi connectivity index (χ4v) is 6.70. The van der Waals surface area contributed by atoms with Crippen molar-refractivity contribution in [3.8, 4) is 0 Å². The molecule has 0 radical (unpaired) electrons. The number of methoxy groups -OCH3 is 1. The number of rotatable bonds is 8. The zero-order valence-corrected chi connectivity index (χ0v) is 23.7. The fraction of sp³-hybridized carbons (Fsp3) is 0.448. The average Bonchev–Trinajstić information content (AvgIpc) is 3.34. The normalized spacial score (nSPS) is 18.0. The Labute approximate surface area is 226 Å². The zero-order chi connectivity index (χ0) is 25.8. The standard InChI is InChI=1S/C29H37ClN5OP/c1-36-19-20-6-13-26(27(16-20)37(2)3)33-28-25(30)18-31-29(34-28)32-23-10-7-21-8-11-24(12-9-22(21)17-23)35-14-4-5-15-35/h6-7,10,13,16-18,24H,4-5,8-9,11-12,14-15,19H2,1-3H3,(H2,31,32,33,34). The molecule has 196 valence electrons. The third kappa shape index (κ3) is 6.43. The lowest BCUT2D eigenvalue weighted by atomic mass is 10.0. The minimum Gasteiger partial charge on any atom is -0.380 e. The first kappa shape index (κ1) is 26.4. The summed E-state index contributed by atoms with van der Waals surface area (Å²) in [7, 11) is 1.39. The maximum atomic E-state index is 6.51. The number of anilines is 4. The minimum atomic E-state index is -0.334. The Hall–Kier alpha value is -2.24. The number of hydrogen-bond donors (Lipinski definition) is 2. The summed E-state index contributed by atoms with van der Waals surface area (Å²) in [5.41, 5.74) is 6.11. The Bertz CT molecular complexity index is 1230. The Kier molecular flexibility index (Phi) is 8.61. The quantitative estimate of drug-likeness (QED) is 0.253. The number of aryl methyl sites for hydroxylation is 2. The lowest BCUT2D eigenvalue weighted by Crippen LogP contribution is -2.32. The van der Waals surface area contributed by atoms with E-state index in [-0.39, 0.29) is 7.92 Å². The number of likely N-dealkylation sites (tertiary alicyclic amines) is 1. The van der Waals surface area contributed by atoms with Gasteiger partial charge in [-0.1, -0.05) is 31.7 Å². The van der Waals surface area contributed by atoms with Gasteiger partial charge in [0.05, 0.1) is 12.8 Å². The van der Waals surface area contributed by atoms with Crippen LogP contribution in [0.4, 0.5) is 23.1 Å². The third-order valence-electron chi connectivity index (χ3n) is 7.47. The molecule has 1 atom stereocenters. The second kappa shape index (κ2) is 12.1. The molecule has 1 aromatic heterocycles. The number of hydrogen-bond acceptors (Lipinski definition) is 6. The van der Waals surface area contributed by atoms with Gasteiger partial charge in [-0.25, -0.2) is 4.98 Å². The van der Waals surface area contributed by atoms with Gasteiger partial charge in [0.1, 0.15) is 5.02 Å². The van der Waals surface area contributed by atoms with Crippen molar-refractivity contribution >= 4 is 48.0 Å². The van der Waals surface area contributed by atoms with E-state index in [9.17, 15) is 0 Å². The summed E-state index contributed by atoms with van der Waals surface area (Å²) in [5.74, 6) is 1.13. The number of nitrogens with zero attached hydrogens (tertiary/aromatic N) is 3. The molecule has 2 N–H and O–H groups in total. The van der Waals surface area contributed by atoms with E-state index in [0.717, 1.165) is 35.8 Å². The molecular formula is C29H37ClN5OP. The molecule has 2 aromatic carbocycles. The number of benzene rings is 2. The zero-order valence-electron chi connectivity index (χ0n) is 22.1. The Morgan fingerprint density at radius 3 is 2.57 bits per heavy atom. The van der Waals surface area contributed by atoms with E-state index in [1.54, 1.807) is 13.3 Å². The molecule has 1 aliphatic heterocycles. The van der Waals surface area contributed by atoms with Crippen LogP contribution in [0.1, 0.15) is 42.4 Å². The highest BCUT2D eigenvalue weighted by molar-refractivity contribution is 7.64. The molecule has 8 heteroatoms. The van der Waals surface area contributed by atoms with Crippen molar-refractivity contribution in [1.82, 2.24) is 14.9 Å². The van der Waals surface area contributed by atoms with E-state index >= 15 is 0 Å². The van der Waals surface area contributed by atoms with Crippen molar-refractivity contribution in [3.63, 3.8) is 0 Å². The molecule has 0 amide bonds. The van der Waals surface area contributed by atoms with Crippen molar-refractivity contribution in [2.75, 3.05) is 44.2 Å². The maximum Gasteiger partial charge on any atom is 0.229 e. The third-order valence-corrected chi connectivity index (χ3v) is 9.08. The van der Waals surface area contributed by atoms with Crippen LogP contribution in [0.15, 0.2) is 42.6 Å². The molecule has 0 bridgehead atoms. The lowest BCUT2D eigenvalue weighted by molar-refractivity contribution is 0.185. The lowest BCUT2D eigenvalue weighted by Gasteiger charge is -2.25. The predicted molar refractivity (Wildman–Crippen MR) is 157 cm³/mol. The first-order valence-electron chi connectivity index (χ1n) is 13.2. The summed E-state index contributed by atoms with van der Waals surface area (Å²) >= 11 is 6.51. The number of fused-ring (bicyclic) bond motifs is 1. The van der Waals surface area contributed by atoms with Crippen LogP contribution < -0.4 is 15.9 Å². The van der Waals surface area contributed by atoms with Crippen molar-refractivity contribution in [2.24, 2.45) is 0 Å². The van der Waals surface area contributed by atoms with E-state index in [0.29, 0.717) is 23.4 Å². The topological polar surface area (TPSA) is 62.3 Å². The van der Waals surface area contributed by atoms with Crippen molar-refractivity contribution < 1.29 is 4.74 Å². The van der Waals surface area contributed by atoms with Crippen molar-refractivity contribution in [2.45, 2.75) is 51.2 Å². The fourth-order valence-electron chi connectivity index (χ4n) is 5.52. The Balaban J connectivity index is 1.31. The first-order valence-corrected chi connectivity index (χ1v) is 15.8. The summed E-state index contributed by atoms with van der Waals surface area (Å²) in [4.78, 5) is 11.9. The molecule has 1 unspecified atom stereocenters. The number of halogens is 1. The molecule has 0 saturated carbocycles. The van der Waals surface area contributed by atoms with E-state index < -0.39 is 0 Å². The van der Waals surface area contributed by atoms with Crippen molar-refractivity contribution in [1.29, 1.82) is 0 Å². The largest absolute Gasteiger partial charge is 0.380 e. The Morgan fingerprint density at radius 1 is 1.03 bits per heavy atom. The van der Waals surface area contributed by atoms with Gasteiger partial charge in [-0.15, -0.1) is 0 Å². The molecule has 2 heterocycles. The molecular weight excluding hydrogens is 501 g/mol. The monoisotopic (exact) mass is 537 g/mol. The molecule has 0 spiro atoms. The smallest absolute Gasteiger partial charge is 0.229 e. The van der Waals surface area contributed by atoms with Crippen LogP contribution in [0.3, 0.4) is 0 Å². The SMILES string of the molecule is COCc1ccc(Nc2nc(Nc3ccc4c(c3)CCC(N3CCCC3)CC4)ncc2Cl)c(P(C)C)c1. The van der Waals surface area contributed by atoms with Gasteiger partial charge in [0.15, 0.2) is 5.82 Å². The molecule has 1 aliphatic carbocycles. The van der Waals surface area contributed by atoms with E-state index in [1.807, 2.05) is 0 Å². The van der Waals surface area contributed by atoms with Crippen molar-refractivity contribution in [3.05, 3.63) is 64.3 Å². The van der Waals surface area contributed by atoms with Crippen LogP contribution >= 0.6 is 19.5 Å². The molecule has 37 heavy (non-hydrogen) atoms. The number of nitrogens with one attached hydrogen (secondary N) is 2. The van der Waals surface area contributed by atoms with Crippen LogP contribution in [-0.2, 0) is 24.2 Å². The van der Waals surface area contributed by atoms with E-state index in [2.05, 4.69) is 70.2 Å². The molecule has 6 nitrogen and oxygen atoms in total. The summed E-state index contributed by atoms with van der Waals surface area (Å²) in [6.45, 7) is 7.63. The summed E-state index contributed by atoms with van der Waals surface area (Å²) in [5, 5.41) is 8.61. The van der Waals surface area contributed by atoms with E-state index in [4.69, 9.17) is 21.3 Å². The molecule has 3 aromatic rings. The first-order chi connectivity index (χ1) is 18.0. The predicted octanol–water partition coefficient (Wildman–Crippen LogP) is 6.47. The number of aromatic nitrogens is 2. The second-order valence-electron chi connectivity index (χ2n) is 10.3. The van der Waals surface area contributed by atoms with Gasteiger partial charge in [0.2, 0.25) is 5.95 Å². The molecule has 1 fully saturated rings. The van der Waals surface area contributed by atoms with Gasteiger partial charge in [0.25, 0.3) is 0 Å². The molecule has 1 saturated heterocycles. The maximum absolute atomic E-state index is 6.51. The molecule has 5 rings (SSSR count). The van der Waals surface area contributed by atoms with Crippen LogP contribution in [-0.4, -0.2) is 54.4 Å². The van der Waals surface area contributed by atoms with Gasteiger partial charge in [-0.2, -0.15) is 4.98 Å². The van der Waals surface area contributed by atoms with Crippen LogP contribution in [0.25, 0.3) is 0 Å². The van der Waals surface area contributed by atoms with Gasteiger partial charge in [-0.05, 0) is 111 Å². The van der Waals surface area contributed by atoms with Gasteiger partial charge in [-0.3, -0.25) is 0 Å². The average molecular weight is 538 g/mol. The van der Waals surface area contributed by atoms with Crippen LogP contribution in [0, 0.1) is 0 Å². The minimum absolute atomic E-state index is 0.334. The van der Waals surface area contributed by atoms with Crippen LogP contribution in [0.2, 0.25) is 5.02 Å². The van der Waals surface area contributed by atoms with Crippen LogP contribution in [0.5, 0.6) is 0 Å². The summed E-state index contributed by atoms with van der Waals surface area (Å²) in [6.07, 6.45) is 9.15. The summed E-state index contributed by atoms with van der Waals surface area (Å²) in [6, 6.07) is 13.8. The summed E-state index contributed by atoms with van der Waals surface area (Å²) < 4.78 is 5.32. The van der Waals surface area contributed by atoms with Gasteiger partial charge < -0.3 is 20.3 Å². The Morgan fingerprint density at radius 2 is 1.81 bits per heavy atom. The van der Waals surface area contributed by atoms with Gasteiger partial charge >= 0.3 is 0 Å². The highest BCUT2D eigenvalue weighted by Crippen LogP contribution is 2.33. The van der Waals surface area contributed by atoms with E-state index in [1.165, 1.54) is 55.2 Å². The highest BCUT2D eigenvalue weighted by Gasteiger charge is 2.24.